The minimum Gasteiger partial charge on any atom is -0.324 e. The number of halogens is 2. The summed E-state index contributed by atoms with van der Waals surface area (Å²) >= 11 is 0. The predicted octanol–water partition coefficient (Wildman–Crippen LogP) is 1.90. The highest BCUT2D eigenvalue weighted by Gasteiger charge is 2.55. The van der Waals surface area contributed by atoms with E-state index in [9.17, 15) is 23.2 Å². The van der Waals surface area contributed by atoms with Crippen molar-refractivity contribution in [2.24, 2.45) is 10.3 Å². The largest absolute Gasteiger partial charge is 0.324 e. The van der Waals surface area contributed by atoms with Crippen LogP contribution in [0.15, 0.2) is 58.9 Å². The number of fused-ring (bicyclic) bond motifs is 1. The standard InChI is InChI=1S/C18H13F2N5O3/c19-10-3-1-5-12(7-10)21-14(26)9-24-16-15(22-23-24)17(27)25(18(16)28)13-6-2-4-11(20)8-13/h1-8,15-16H,9H2,(H,21,26)/t15-,16+/m1/s1. The van der Waals surface area contributed by atoms with Gasteiger partial charge in [-0.3, -0.25) is 19.4 Å². The van der Waals surface area contributed by atoms with E-state index >= 15 is 0 Å². The number of anilines is 2. The third-order valence-electron chi connectivity index (χ3n) is 4.34. The summed E-state index contributed by atoms with van der Waals surface area (Å²) < 4.78 is 26.7. The highest BCUT2D eigenvalue weighted by atomic mass is 19.1. The van der Waals surface area contributed by atoms with Crippen LogP contribution in [0.2, 0.25) is 0 Å². The molecule has 4 rings (SSSR count). The molecule has 0 saturated carbocycles. The Bertz CT molecular complexity index is 1010. The van der Waals surface area contributed by atoms with Crippen LogP contribution in [0.25, 0.3) is 0 Å². The molecule has 2 aliphatic rings. The summed E-state index contributed by atoms with van der Waals surface area (Å²) in [6.07, 6.45) is 0. The lowest BCUT2D eigenvalue weighted by molar-refractivity contribution is -0.123. The molecule has 10 heteroatoms. The van der Waals surface area contributed by atoms with Crippen molar-refractivity contribution in [2.75, 3.05) is 16.8 Å². The second kappa shape index (κ2) is 6.80. The van der Waals surface area contributed by atoms with Crippen molar-refractivity contribution in [1.82, 2.24) is 5.01 Å². The Morgan fingerprint density at radius 3 is 2.46 bits per heavy atom. The number of hydrogen-bond donors (Lipinski definition) is 1. The van der Waals surface area contributed by atoms with Crippen LogP contribution < -0.4 is 10.2 Å². The van der Waals surface area contributed by atoms with E-state index in [2.05, 4.69) is 15.7 Å². The molecule has 2 aliphatic heterocycles. The zero-order chi connectivity index (χ0) is 19.8. The van der Waals surface area contributed by atoms with Crippen molar-refractivity contribution in [3.63, 3.8) is 0 Å². The monoisotopic (exact) mass is 385 g/mol. The third kappa shape index (κ3) is 3.08. The van der Waals surface area contributed by atoms with Gasteiger partial charge in [0.2, 0.25) is 5.91 Å². The molecule has 28 heavy (non-hydrogen) atoms. The minimum atomic E-state index is -1.10. The molecule has 2 aromatic rings. The van der Waals surface area contributed by atoms with Crippen LogP contribution in [0, 0.1) is 11.6 Å². The Morgan fingerprint density at radius 1 is 1.04 bits per heavy atom. The fourth-order valence-electron chi connectivity index (χ4n) is 3.14. The first-order valence-electron chi connectivity index (χ1n) is 8.30. The molecule has 1 fully saturated rings. The van der Waals surface area contributed by atoms with E-state index in [1.54, 1.807) is 0 Å². The van der Waals surface area contributed by atoms with Crippen molar-refractivity contribution in [3.8, 4) is 0 Å². The maximum Gasteiger partial charge on any atom is 0.263 e. The molecule has 3 amide bonds. The first kappa shape index (κ1) is 17.7. The minimum absolute atomic E-state index is 0.0868. The van der Waals surface area contributed by atoms with Gasteiger partial charge in [0.25, 0.3) is 11.8 Å². The molecule has 2 atom stereocenters. The highest BCUT2D eigenvalue weighted by Crippen LogP contribution is 2.31. The highest BCUT2D eigenvalue weighted by molar-refractivity contribution is 6.25. The molecule has 0 aromatic heterocycles. The molecule has 1 saturated heterocycles. The zero-order valence-electron chi connectivity index (χ0n) is 14.3. The second-order valence-electron chi connectivity index (χ2n) is 6.24. The van der Waals surface area contributed by atoms with Crippen molar-refractivity contribution in [2.45, 2.75) is 12.1 Å². The molecule has 142 valence electrons. The normalized spacial score (nSPS) is 20.6. The number of amides is 3. The van der Waals surface area contributed by atoms with Crippen molar-refractivity contribution in [1.29, 1.82) is 0 Å². The summed E-state index contributed by atoms with van der Waals surface area (Å²) in [4.78, 5) is 38.3. The van der Waals surface area contributed by atoms with Crippen LogP contribution >= 0.6 is 0 Å². The molecule has 0 bridgehead atoms. The van der Waals surface area contributed by atoms with Gasteiger partial charge < -0.3 is 5.32 Å². The smallest absolute Gasteiger partial charge is 0.263 e. The van der Waals surface area contributed by atoms with E-state index in [0.29, 0.717) is 0 Å². The number of benzene rings is 2. The maximum atomic E-state index is 13.5. The van der Waals surface area contributed by atoms with Gasteiger partial charge in [-0.05, 0) is 36.4 Å². The lowest BCUT2D eigenvalue weighted by atomic mass is 10.1. The van der Waals surface area contributed by atoms with Crippen molar-refractivity contribution >= 4 is 29.1 Å². The number of imide groups is 1. The summed E-state index contributed by atoms with van der Waals surface area (Å²) in [6, 6.07) is 8.20. The Morgan fingerprint density at radius 2 is 1.75 bits per heavy atom. The molecule has 2 aromatic carbocycles. The van der Waals surface area contributed by atoms with Gasteiger partial charge in [-0.25, -0.2) is 13.7 Å². The average molecular weight is 385 g/mol. The summed E-state index contributed by atoms with van der Waals surface area (Å²) in [5.74, 6) is -2.96. The van der Waals surface area contributed by atoms with E-state index in [4.69, 9.17) is 0 Å². The Kier molecular flexibility index (Phi) is 4.30. The van der Waals surface area contributed by atoms with Gasteiger partial charge in [0.05, 0.1) is 5.69 Å². The lowest BCUT2D eigenvalue weighted by Gasteiger charge is -2.20. The first-order valence-corrected chi connectivity index (χ1v) is 8.30. The van der Waals surface area contributed by atoms with Crippen LogP contribution in [0.5, 0.6) is 0 Å². The van der Waals surface area contributed by atoms with Gasteiger partial charge in [-0.2, -0.15) is 5.11 Å². The molecule has 2 heterocycles. The lowest BCUT2D eigenvalue weighted by Crippen LogP contribution is -2.43. The van der Waals surface area contributed by atoms with Gasteiger partial charge in [-0.1, -0.05) is 17.4 Å². The van der Waals surface area contributed by atoms with E-state index in [0.717, 1.165) is 22.0 Å². The number of carbonyl (C=O) groups excluding carboxylic acids is 3. The van der Waals surface area contributed by atoms with Gasteiger partial charge >= 0.3 is 0 Å². The maximum absolute atomic E-state index is 13.5. The van der Waals surface area contributed by atoms with Gasteiger partial charge in [-0.15, -0.1) is 0 Å². The fraction of sp³-hybridized carbons (Fsp3) is 0.167. The van der Waals surface area contributed by atoms with Gasteiger partial charge in [0.15, 0.2) is 12.1 Å². The average Bonchev–Trinajstić information content (AvgIpc) is 3.15. The van der Waals surface area contributed by atoms with Crippen molar-refractivity contribution in [3.05, 3.63) is 60.2 Å². The number of nitrogens with zero attached hydrogens (tertiary/aromatic N) is 4. The second-order valence-corrected chi connectivity index (χ2v) is 6.24. The molecule has 0 spiro atoms. The van der Waals surface area contributed by atoms with E-state index in [1.165, 1.54) is 36.4 Å². The van der Waals surface area contributed by atoms with Crippen LogP contribution in [-0.4, -0.2) is 41.4 Å². The number of rotatable bonds is 4. The van der Waals surface area contributed by atoms with Crippen LogP contribution in [0.4, 0.5) is 20.2 Å². The number of hydrogen-bond acceptors (Lipinski definition) is 6. The van der Waals surface area contributed by atoms with Gasteiger partial charge in [0.1, 0.15) is 18.2 Å². The molecule has 0 aliphatic carbocycles. The first-order chi connectivity index (χ1) is 13.4. The SMILES string of the molecule is O=C(CN1N=N[C@H]2C(=O)N(c3cccc(F)c3)C(=O)[C@H]21)Nc1cccc(F)c1. The number of carbonyl (C=O) groups is 3. The van der Waals surface area contributed by atoms with E-state index in [1.807, 2.05) is 0 Å². The zero-order valence-corrected chi connectivity index (χ0v) is 14.3. The van der Waals surface area contributed by atoms with Crippen LogP contribution in [0.1, 0.15) is 0 Å². The van der Waals surface area contributed by atoms with E-state index in [-0.39, 0.29) is 17.9 Å². The van der Waals surface area contributed by atoms with Crippen molar-refractivity contribution < 1.29 is 23.2 Å². The molecule has 0 radical (unpaired) electrons. The predicted molar refractivity (Wildman–Crippen MR) is 93.1 cm³/mol. The van der Waals surface area contributed by atoms with Crippen LogP contribution in [0.3, 0.4) is 0 Å². The third-order valence-corrected chi connectivity index (χ3v) is 4.34. The molecular formula is C18H13F2N5O3. The molecule has 8 nitrogen and oxygen atoms in total. The molecule has 1 N–H and O–H groups in total. The summed E-state index contributed by atoms with van der Waals surface area (Å²) in [6.45, 7) is -0.364. The Balaban J connectivity index is 1.49. The van der Waals surface area contributed by atoms with E-state index < -0.39 is 41.4 Å². The fourth-order valence-corrected chi connectivity index (χ4v) is 3.14. The van der Waals surface area contributed by atoms with Crippen LogP contribution in [-0.2, 0) is 14.4 Å². The quantitative estimate of drug-likeness (QED) is 0.814. The van der Waals surface area contributed by atoms with Gasteiger partial charge in [0, 0.05) is 5.69 Å². The molecule has 0 unspecified atom stereocenters. The summed E-state index contributed by atoms with van der Waals surface area (Å²) in [5.41, 5.74) is 0.330. The molecular weight excluding hydrogens is 372 g/mol. The summed E-state index contributed by atoms with van der Waals surface area (Å²) in [7, 11) is 0. The number of nitrogens with one attached hydrogen (secondary N) is 1. The Hall–Kier alpha value is -3.69. The topological polar surface area (TPSA) is 94.4 Å². The Labute approximate surface area is 157 Å². The summed E-state index contributed by atoms with van der Waals surface area (Å²) in [5, 5.41) is 11.1.